The maximum atomic E-state index is 5.87. The van der Waals surface area contributed by atoms with Crippen molar-refractivity contribution in [1.29, 1.82) is 0 Å². The fraction of sp³-hybridized carbons (Fsp3) is 1.00. The van der Waals surface area contributed by atoms with Crippen molar-refractivity contribution >= 4 is 12.4 Å². The molecule has 0 aromatic heterocycles. The van der Waals surface area contributed by atoms with Crippen molar-refractivity contribution in [2.75, 3.05) is 26.3 Å². The van der Waals surface area contributed by atoms with Crippen molar-refractivity contribution in [2.45, 2.75) is 31.3 Å². The van der Waals surface area contributed by atoms with E-state index in [1.807, 2.05) is 0 Å². The van der Waals surface area contributed by atoms with Gasteiger partial charge in [0.15, 0.2) is 0 Å². The normalized spacial score (nSPS) is 35.8. The second-order valence-electron chi connectivity index (χ2n) is 3.88. The van der Waals surface area contributed by atoms with Crippen molar-refractivity contribution in [3.63, 3.8) is 0 Å². The summed E-state index contributed by atoms with van der Waals surface area (Å²) < 4.78 is 5.31. The number of nitrogens with zero attached hydrogens (tertiary/aromatic N) is 1. The fourth-order valence-electron chi connectivity index (χ4n) is 2.27. The molecule has 1 aliphatic heterocycles. The number of ether oxygens (including phenoxy) is 1. The Morgan fingerprint density at radius 1 is 1.15 bits per heavy atom. The summed E-state index contributed by atoms with van der Waals surface area (Å²) in [7, 11) is 0. The third-order valence-electron chi connectivity index (χ3n) is 3.01. The van der Waals surface area contributed by atoms with Crippen LogP contribution in [-0.4, -0.2) is 43.3 Å². The van der Waals surface area contributed by atoms with Crippen LogP contribution in [0.15, 0.2) is 0 Å². The van der Waals surface area contributed by atoms with Gasteiger partial charge in [-0.3, -0.25) is 4.90 Å². The third-order valence-corrected chi connectivity index (χ3v) is 3.01. The molecule has 0 bridgehead atoms. The summed E-state index contributed by atoms with van der Waals surface area (Å²) in [5.41, 5.74) is 5.87. The maximum absolute atomic E-state index is 5.87. The van der Waals surface area contributed by atoms with Gasteiger partial charge in [0, 0.05) is 25.2 Å². The van der Waals surface area contributed by atoms with Gasteiger partial charge in [0.05, 0.1) is 13.2 Å². The molecule has 4 heteroatoms. The standard InChI is InChI=1S/C9H18N2O.ClH/c10-8-1-2-9(7-8)11-3-5-12-6-4-11;/h8-9H,1-7,10H2;1H/t8-,9?;/m1./s1. The number of hydrogen-bond donors (Lipinski definition) is 1. The quantitative estimate of drug-likeness (QED) is 0.684. The van der Waals surface area contributed by atoms with E-state index < -0.39 is 0 Å². The van der Waals surface area contributed by atoms with E-state index in [0.29, 0.717) is 6.04 Å². The predicted octanol–water partition coefficient (Wildman–Crippen LogP) is 0.620. The lowest BCUT2D eigenvalue weighted by Gasteiger charge is -2.32. The lowest BCUT2D eigenvalue weighted by Crippen LogP contribution is -2.42. The summed E-state index contributed by atoms with van der Waals surface area (Å²) in [6.45, 7) is 4.03. The van der Waals surface area contributed by atoms with Crippen LogP contribution in [0.25, 0.3) is 0 Å². The summed E-state index contributed by atoms with van der Waals surface area (Å²) in [6.07, 6.45) is 3.70. The van der Waals surface area contributed by atoms with Crippen molar-refractivity contribution in [3.8, 4) is 0 Å². The molecule has 78 valence electrons. The van der Waals surface area contributed by atoms with Gasteiger partial charge in [0.2, 0.25) is 0 Å². The first-order valence-electron chi connectivity index (χ1n) is 4.93. The van der Waals surface area contributed by atoms with Crippen LogP contribution in [0.4, 0.5) is 0 Å². The van der Waals surface area contributed by atoms with E-state index in [1.54, 1.807) is 0 Å². The van der Waals surface area contributed by atoms with Crippen LogP contribution >= 0.6 is 12.4 Å². The van der Waals surface area contributed by atoms with Crippen molar-refractivity contribution in [1.82, 2.24) is 4.90 Å². The molecule has 1 saturated heterocycles. The number of morpholine rings is 1. The number of halogens is 1. The van der Waals surface area contributed by atoms with Gasteiger partial charge in [-0.1, -0.05) is 0 Å². The van der Waals surface area contributed by atoms with E-state index in [4.69, 9.17) is 10.5 Å². The Labute approximate surface area is 86.0 Å². The van der Waals surface area contributed by atoms with Crippen LogP contribution in [-0.2, 0) is 4.74 Å². The Kier molecular flexibility index (Phi) is 4.46. The highest BCUT2D eigenvalue weighted by atomic mass is 35.5. The molecule has 2 atom stereocenters. The number of nitrogens with two attached hydrogens (primary N) is 1. The molecule has 0 radical (unpaired) electrons. The lowest BCUT2D eigenvalue weighted by atomic mass is 10.2. The highest BCUT2D eigenvalue weighted by Crippen LogP contribution is 2.23. The molecule has 1 heterocycles. The minimum absolute atomic E-state index is 0. The molecule has 0 amide bonds. The Morgan fingerprint density at radius 3 is 2.38 bits per heavy atom. The molecule has 0 aromatic rings. The minimum atomic E-state index is 0. The Balaban J connectivity index is 0.000000845. The van der Waals surface area contributed by atoms with Gasteiger partial charge in [0.1, 0.15) is 0 Å². The zero-order chi connectivity index (χ0) is 8.39. The third kappa shape index (κ3) is 2.81. The summed E-state index contributed by atoms with van der Waals surface area (Å²) in [4.78, 5) is 2.54. The average molecular weight is 207 g/mol. The van der Waals surface area contributed by atoms with Gasteiger partial charge in [-0.15, -0.1) is 12.4 Å². The van der Waals surface area contributed by atoms with E-state index in [0.717, 1.165) is 32.3 Å². The van der Waals surface area contributed by atoms with Crippen LogP contribution in [0.1, 0.15) is 19.3 Å². The maximum Gasteiger partial charge on any atom is 0.0594 e. The van der Waals surface area contributed by atoms with Crippen molar-refractivity contribution < 1.29 is 4.74 Å². The first kappa shape index (κ1) is 11.2. The summed E-state index contributed by atoms with van der Waals surface area (Å²) in [6, 6.07) is 1.21. The highest BCUT2D eigenvalue weighted by molar-refractivity contribution is 5.85. The Hall–Kier alpha value is 0.170. The molecule has 2 aliphatic rings. The van der Waals surface area contributed by atoms with E-state index in [-0.39, 0.29) is 12.4 Å². The van der Waals surface area contributed by atoms with Gasteiger partial charge in [-0.05, 0) is 19.3 Å². The molecule has 1 aliphatic carbocycles. The van der Waals surface area contributed by atoms with Gasteiger partial charge in [-0.2, -0.15) is 0 Å². The number of rotatable bonds is 1. The molecule has 2 N–H and O–H groups in total. The molecule has 0 spiro atoms. The molecule has 1 saturated carbocycles. The van der Waals surface area contributed by atoms with E-state index >= 15 is 0 Å². The predicted molar refractivity (Wildman–Crippen MR) is 55.3 cm³/mol. The van der Waals surface area contributed by atoms with Gasteiger partial charge in [0.25, 0.3) is 0 Å². The highest BCUT2D eigenvalue weighted by Gasteiger charge is 2.27. The molecular weight excluding hydrogens is 188 g/mol. The molecule has 2 fully saturated rings. The van der Waals surface area contributed by atoms with Crippen LogP contribution in [0.5, 0.6) is 0 Å². The van der Waals surface area contributed by atoms with E-state index in [2.05, 4.69) is 4.90 Å². The minimum Gasteiger partial charge on any atom is -0.379 e. The van der Waals surface area contributed by atoms with Crippen LogP contribution in [0.2, 0.25) is 0 Å². The zero-order valence-electron chi connectivity index (χ0n) is 7.95. The van der Waals surface area contributed by atoms with Crippen LogP contribution in [0, 0.1) is 0 Å². The average Bonchev–Trinajstić information content (AvgIpc) is 2.54. The lowest BCUT2D eigenvalue weighted by molar-refractivity contribution is 0.0178. The summed E-state index contributed by atoms with van der Waals surface area (Å²) >= 11 is 0. The summed E-state index contributed by atoms with van der Waals surface area (Å²) in [5.74, 6) is 0. The molecule has 3 nitrogen and oxygen atoms in total. The smallest absolute Gasteiger partial charge is 0.0594 e. The van der Waals surface area contributed by atoms with Gasteiger partial charge >= 0.3 is 0 Å². The topological polar surface area (TPSA) is 38.5 Å². The van der Waals surface area contributed by atoms with Crippen molar-refractivity contribution in [2.24, 2.45) is 5.73 Å². The SMILES string of the molecule is Cl.N[C@@H]1CCC(N2CCOCC2)C1. The van der Waals surface area contributed by atoms with E-state index in [9.17, 15) is 0 Å². The monoisotopic (exact) mass is 206 g/mol. The molecular formula is C9H19ClN2O. The molecule has 13 heavy (non-hydrogen) atoms. The first-order valence-corrected chi connectivity index (χ1v) is 4.93. The molecule has 0 aromatic carbocycles. The Morgan fingerprint density at radius 2 is 1.85 bits per heavy atom. The van der Waals surface area contributed by atoms with Crippen molar-refractivity contribution in [3.05, 3.63) is 0 Å². The first-order chi connectivity index (χ1) is 5.86. The molecule has 1 unspecified atom stereocenters. The largest absolute Gasteiger partial charge is 0.379 e. The second-order valence-corrected chi connectivity index (χ2v) is 3.88. The Bertz CT molecular complexity index is 148. The van der Waals surface area contributed by atoms with Crippen LogP contribution in [0.3, 0.4) is 0 Å². The zero-order valence-corrected chi connectivity index (χ0v) is 8.76. The second kappa shape index (κ2) is 5.15. The van der Waals surface area contributed by atoms with Gasteiger partial charge < -0.3 is 10.5 Å². The molecule has 2 rings (SSSR count). The van der Waals surface area contributed by atoms with E-state index in [1.165, 1.54) is 19.3 Å². The number of hydrogen-bond acceptors (Lipinski definition) is 3. The van der Waals surface area contributed by atoms with Crippen LogP contribution < -0.4 is 5.73 Å². The van der Waals surface area contributed by atoms with Gasteiger partial charge in [-0.25, -0.2) is 0 Å². The fourth-order valence-corrected chi connectivity index (χ4v) is 2.27. The summed E-state index contributed by atoms with van der Waals surface area (Å²) in [5, 5.41) is 0.